The molecule has 12 aromatic rings. The normalized spacial score (nSPS) is 13.2. The number of nitrogens with zero attached hydrogens (tertiary/aromatic N) is 2. The van der Waals surface area contributed by atoms with Crippen molar-refractivity contribution in [2.75, 3.05) is 0 Å². The van der Waals surface area contributed by atoms with E-state index >= 15 is 0 Å². The summed E-state index contributed by atoms with van der Waals surface area (Å²) in [6.07, 6.45) is 3.82. The highest BCUT2D eigenvalue weighted by Crippen LogP contribution is 2.58. The van der Waals surface area contributed by atoms with E-state index < -0.39 is 5.41 Å². The van der Waals surface area contributed by atoms with Crippen LogP contribution in [0.3, 0.4) is 0 Å². The molecule has 0 unspecified atom stereocenters. The molecule has 0 bridgehead atoms. The van der Waals surface area contributed by atoms with Crippen molar-refractivity contribution in [3.8, 4) is 33.4 Å². The fraction of sp³-hybridized carbons (Fsp3) is 0.0182. The molecule has 0 aliphatic heterocycles. The second-order valence-corrected chi connectivity index (χ2v) is 15.6. The molecule has 4 nitrogen and oxygen atoms in total. The second kappa shape index (κ2) is 12.1. The lowest BCUT2D eigenvalue weighted by Gasteiger charge is -2.34. The molecule has 0 saturated carbocycles. The van der Waals surface area contributed by atoms with Gasteiger partial charge in [-0.15, -0.1) is 0 Å². The van der Waals surface area contributed by atoms with E-state index in [1.807, 2.05) is 12.4 Å². The fourth-order valence-corrected chi connectivity index (χ4v) is 10.0. The van der Waals surface area contributed by atoms with Crippen LogP contribution in [0.5, 0.6) is 0 Å². The Bertz CT molecular complexity index is 3430. The maximum Gasteiger partial charge on any atom is 0.161 e. The molecule has 13 rings (SSSR count). The van der Waals surface area contributed by atoms with Crippen LogP contribution in [0.4, 0.5) is 0 Å². The number of rotatable bonds is 4. The van der Waals surface area contributed by atoms with E-state index in [0.29, 0.717) is 0 Å². The molecule has 4 heteroatoms. The minimum atomic E-state index is -0.633. The smallest absolute Gasteiger partial charge is 0.161 e. The lowest BCUT2D eigenvalue weighted by atomic mass is 9.67. The quantitative estimate of drug-likeness (QED) is 0.180. The molecule has 59 heavy (non-hydrogen) atoms. The average molecular weight is 753 g/mol. The van der Waals surface area contributed by atoms with Crippen molar-refractivity contribution < 1.29 is 8.83 Å². The van der Waals surface area contributed by atoms with Crippen LogP contribution >= 0.6 is 0 Å². The van der Waals surface area contributed by atoms with Crippen LogP contribution < -0.4 is 0 Å². The molecule has 0 saturated heterocycles. The van der Waals surface area contributed by atoms with Crippen LogP contribution in [0, 0.1) is 0 Å². The lowest BCUT2D eigenvalue weighted by molar-refractivity contribution is 0.672. The Morgan fingerprint density at radius 3 is 1.25 bits per heavy atom. The Balaban J connectivity index is 1.07. The van der Waals surface area contributed by atoms with Gasteiger partial charge in [-0.2, -0.15) is 0 Å². The van der Waals surface area contributed by atoms with E-state index in [2.05, 4.69) is 182 Å². The Hall–Kier alpha value is -7.82. The molecule has 4 heterocycles. The van der Waals surface area contributed by atoms with Crippen molar-refractivity contribution in [2.45, 2.75) is 5.41 Å². The minimum Gasteiger partial charge on any atom is -0.453 e. The highest BCUT2D eigenvalue weighted by atomic mass is 16.3. The van der Waals surface area contributed by atoms with E-state index in [4.69, 9.17) is 18.8 Å². The molecule has 4 aromatic heterocycles. The SMILES string of the molecule is c1ccc(C2(c3ccccc3)c3cc(-c4ccnc5c4oc4c6ccccc6ccc54)ccc3-c3ccc(-c4ccnc5c4oc4c6ccccc6ccc54)cc32)cc1. The van der Waals surface area contributed by atoms with Crippen molar-refractivity contribution in [1.29, 1.82) is 0 Å². The first kappa shape index (κ1) is 32.3. The zero-order valence-electron chi connectivity index (χ0n) is 31.7. The van der Waals surface area contributed by atoms with Gasteiger partial charge < -0.3 is 8.83 Å². The first-order valence-corrected chi connectivity index (χ1v) is 20.0. The Morgan fingerprint density at radius 1 is 0.339 bits per heavy atom. The van der Waals surface area contributed by atoms with E-state index in [-0.39, 0.29) is 0 Å². The predicted molar refractivity (Wildman–Crippen MR) is 240 cm³/mol. The maximum absolute atomic E-state index is 6.82. The molecule has 0 N–H and O–H groups in total. The lowest BCUT2D eigenvalue weighted by Crippen LogP contribution is -2.28. The van der Waals surface area contributed by atoms with Crippen LogP contribution in [0.2, 0.25) is 0 Å². The summed E-state index contributed by atoms with van der Waals surface area (Å²) < 4.78 is 13.6. The van der Waals surface area contributed by atoms with Gasteiger partial charge in [0, 0.05) is 45.1 Å². The van der Waals surface area contributed by atoms with Gasteiger partial charge in [-0.25, -0.2) is 0 Å². The number of furan rings is 2. The standard InChI is InChI=1S/C55H32N2O2/c1-3-13-37(14-4-1)55(38-15-5-2-6-16-38)47-31-35(41-27-29-56-49-45-25-19-33-11-7-9-17-39(33)51(45)58-53(41)49)21-23-43(47)44-24-22-36(32-48(44)55)42-28-30-57-50-46-26-20-34-12-8-10-18-40(34)52(46)59-54(42)50/h1-32H. The molecule has 0 fully saturated rings. The van der Waals surface area contributed by atoms with Crippen LogP contribution in [-0.4, -0.2) is 9.97 Å². The zero-order chi connectivity index (χ0) is 38.7. The average Bonchev–Trinajstić information content (AvgIpc) is 3.98. The third-order valence-electron chi connectivity index (χ3n) is 12.7. The topological polar surface area (TPSA) is 52.1 Å². The van der Waals surface area contributed by atoms with Gasteiger partial charge in [-0.1, -0.05) is 146 Å². The van der Waals surface area contributed by atoms with Gasteiger partial charge in [0.15, 0.2) is 11.2 Å². The van der Waals surface area contributed by atoms with Gasteiger partial charge in [0.2, 0.25) is 0 Å². The number of aromatic nitrogens is 2. The van der Waals surface area contributed by atoms with Gasteiger partial charge in [-0.3, -0.25) is 9.97 Å². The molecule has 0 atom stereocenters. The Kier molecular flexibility index (Phi) is 6.62. The highest BCUT2D eigenvalue weighted by molar-refractivity contribution is 6.17. The number of hydrogen-bond donors (Lipinski definition) is 0. The maximum atomic E-state index is 6.82. The molecule has 0 spiro atoms. The van der Waals surface area contributed by atoms with Gasteiger partial charge >= 0.3 is 0 Å². The number of benzene rings is 8. The molecule has 274 valence electrons. The monoisotopic (exact) mass is 752 g/mol. The van der Waals surface area contributed by atoms with Gasteiger partial charge in [-0.05, 0) is 91.7 Å². The van der Waals surface area contributed by atoms with E-state index in [1.54, 1.807) is 0 Å². The summed E-state index contributed by atoms with van der Waals surface area (Å²) in [5.41, 5.74) is 15.9. The largest absolute Gasteiger partial charge is 0.453 e. The summed E-state index contributed by atoms with van der Waals surface area (Å²) in [6, 6.07) is 65.3. The second-order valence-electron chi connectivity index (χ2n) is 15.6. The molecule has 0 radical (unpaired) electrons. The van der Waals surface area contributed by atoms with Crippen LogP contribution in [0.25, 0.3) is 99.1 Å². The molecule has 1 aliphatic carbocycles. The fourth-order valence-electron chi connectivity index (χ4n) is 10.0. The Morgan fingerprint density at radius 2 is 0.780 bits per heavy atom. The van der Waals surface area contributed by atoms with E-state index in [9.17, 15) is 0 Å². The van der Waals surface area contributed by atoms with Crippen molar-refractivity contribution in [1.82, 2.24) is 9.97 Å². The third-order valence-corrected chi connectivity index (χ3v) is 12.7. The van der Waals surface area contributed by atoms with Gasteiger partial charge in [0.1, 0.15) is 22.2 Å². The zero-order valence-corrected chi connectivity index (χ0v) is 31.7. The van der Waals surface area contributed by atoms with E-state index in [1.165, 1.54) is 33.4 Å². The number of pyridine rings is 2. The molecule has 0 amide bonds. The van der Waals surface area contributed by atoms with Crippen LogP contribution in [0.15, 0.2) is 203 Å². The molecular weight excluding hydrogens is 721 g/mol. The summed E-state index contributed by atoms with van der Waals surface area (Å²) in [5, 5.41) is 6.51. The summed E-state index contributed by atoms with van der Waals surface area (Å²) in [7, 11) is 0. The molecule has 1 aliphatic rings. The van der Waals surface area contributed by atoms with Crippen molar-refractivity contribution in [3.05, 3.63) is 217 Å². The highest BCUT2D eigenvalue weighted by Gasteiger charge is 2.46. The predicted octanol–water partition coefficient (Wildman–Crippen LogP) is 14.3. The van der Waals surface area contributed by atoms with Gasteiger partial charge in [0.25, 0.3) is 0 Å². The third kappa shape index (κ3) is 4.43. The van der Waals surface area contributed by atoms with Crippen molar-refractivity contribution in [3.63, 3.8) is 0 Å². The summed E-state index contributed by atoms with van der Waals surface area (Å²) in [4.78, 5) is 9.75. The van der Waals surface area contributed by atoms with Crippen molar-refractivity contribution in [2.24, 2.45) is 0 Å². The number of fused-ring (bicyclic) bond motifs is 13. The van der Waals surface area contributed by atoms with Crippen LogP contribution in [0.1, 0.15) is 22.3 Å². The van der Waals surface area contributed by atoms with E-state index in [0.717, 1.165) is 87.9 Å². The summed E-state index contributed by atoms with van der Waals surface area (Å²) in [5.74, 6) is 0. The summed E-state index contributed by atoms with van der Waals surface area (Å²) >= 11 is 0. The molecular formula is C55H32N2O2. The van der Waals surface area contributed by atoms with Crippen LogP contribution in [-0.2, 0) is 5.41 Å². The first-order valence-electron chi connectivity index (χ1n) is 20.0. The Labute approximate surface area is 338 Å². The minimum absolute atomic E-state index is 0.633. The summed E-state index contributed by atoms with van der Waals surface area (Å²) in [6.45, 7) is 0. The molecule has 8 aromatic carbocycles. The number of hydrogen-bond acceptors (Lipinski definition) is 4. The first-order chi connectivity index (χ1) is 29.3. The van der Waals surface area contributed by atoms with Crippen molar-refractivity contribution >= 4 is 65.7 Å². The van der Waals surface area contributed by atoms with Gasteiger partial charge in [0.05, 0.1) is 5.41 Å².